The van der Waals surface area contributed by atoms with Crippen LogP contribution in [-0.4, -0.2) is 31.7 Å². The maximum absolute atomic E-state index is 11.6. The van der Waals surface area contributed by atoms with Gasteiger partial charge in [-0.15, -0.1) is 0 Å². The van der Waals surface area contributed by atoms with Crippen LogP contribution in [0.25, 0.3) is 0 Å². The quantitative estimate of drug-likeness (QED) is 0.716. The second kappa shape index (κ2) is 4.94. The molecule has 0 saturated carbocycles. The van der Waals surface area contributed by atoms with Gasteiger partial charge >= 0.3 is 0 Å². The third-order valence-corrected chi connectivity index (χ3v) is 3.75. The SMILES string of the molecule is CCNC(C)(C)C(=O)NS(=O)(=O)C(C)C. The molecule has 0 bridgehead atoms. The highest BCUT2D eigenvalue weighted by atomic mass is 32.2. The number of hydrogen-bond donors (Lipinski definition) is 2. The number of rotatable bonds is 5. The molecule has 0 rings (SSSR count). The zero-order valence-electron chi connectivity index (χ0n) is 9.92. The normalized spacial score (nSPS) is 12.9. The van der Waals surface area contributed by atoms with Gasteiger partial charge < -0.3 is 5.32 Å². The zero-order chi connectivity index (χ0) is 12.3. The van der Waals surface area contributed by atoms with Crippen LogP contribution < -0.4 is 10.0 Å². The van der Waals surface area contributed by atoms with Crippen LogP contribution in [0.15, 0.2) is 0 Å². The Bertz CT molecular complexity index is 320. The molecular weight excluding hydrogens is 216 g/mol. The first kappa shape index (κ1) is 14.4. The van der Waals surface area contributed by atoms with E-state index in [4.69, 9.17) is 0 Å². The molecule has 0 spiro atoms. The van der Waals surface area contributed by atoms with E-state index in [2.05, 4.69) is 10.0 Å². The summed E-state index contributed by atoms with van der Waals surface area (Å²) in [4.78, 5) is 11.6. The van der Waals surface area contributed by atoms with Crippen molar-refractivity contribution in [3.8, 4) is 0 Å². The summed E-state index contributed by atoms with van der Waals surface area (Å²) in [6, 6.07) is 0. The van der Waals surface area contributed by atoms with Crippen molar-refractivity contribution >= 4 is 15.9 Å². The fourth-order valence-electron chi connectivity index (χ4n) is 0.897. The number of sulfonamides is 1. The van der Waals surface area contributed by atoms with Crippen LogP contribution in [0.4, 0.5) is 0 Å². The molecule has 0 atom stereocenters. The molecule has 0 aliphatic carbocycles. The van der Waals surface area contributed by atoms with Gasteiger partial charge in [-0.2, -0.15) is 0 Å². The summed E-state index contributed by atoms with van der Waals surface area (Å²) in [5.74, 6) is -0.530. The van der Waals surface area contributed by atoms with Crippen LogP contribution in [0.3, 0.4) is 0 Å². The van der Waals surface area contributed by atoms with Gasteiger partial charge in [0, 0.05) is 0 Å². The lowest BCUT2D eigenvalue weighted by Crippen LogP contribution is -2.54. The van der Waals surface area contributed by atoms with Crippen LogP contribution >= 0.6 is 0 Å². The number of hydrogen-bond acceptors (Lipinski definition) is 4. The van der Waals surface area contributed by atoms with Crippen molar-refractivity contribution < 1.29 is 13.2 Å². The van der Waals surface area contributed by atoms with Crippen LogP contribution in [-0.2, 0) is 14.8 Å². The second-order valence-corrected chi connectivity index (χ2v) is 6.42. The summed E-state index contributed by atoms with van der Waals surface area (Å²) in [6.45, 7) is 8.78. The first-order valence-electron chi connectivity index (χ1n) is 4.94. The highest BCUT2D eigenvalue weighted by molar-refractivity contribution is 7.90. The Hall–Kier alpha value is -0.620. The Kier molecular flexibility index (Phi) is 4.73. The largest absolute Gasteiger partial charge is 0.304 e. The molecule has 1 amide bonds. The van der Waals surface area contributed by atoms with E-state index in [-0.39, 0.29) is 0 Å². The first-order chi connectivity index (χ1) is 6.63. The fraction of sp³-hybridized carbons (Fsp3) is 0.889. The van der Waals surface area contributed by atoms with Crippen molar-refractivity contribution in [3.63, 3.8) is 0 Å². The standard InChI is InChI=1S/C9H20N2O3S/c1-6-10-9(4,5)8(12)11-15(13,14)7(2)3/h7,10H,6H2,1-5H3,(H,11,12). The molecule has 0 radical (unpaired) electrons. The molecule has 6 heteroatoms. The Morgan fingerprint density at radius 3 is 2.13 bits per heavy atom. The minimum atomic E-state index is -3.54. The Balaban J connectivity index is 4.64. The Morgan fingerprint density at radius 2 is 1.80 bits per heavy atom. The molecule has 0 unspecified atom stereocenters. The maximum atomic E-state index is 11.6. The van der Waals surface area contributed by atoms with Crippen LogP contribution in [0.1, 0.15) is 34.6 Å². The van der Waals surface area contributed by atoms with E-state index in [0.717, 1.165) is 0 Å². The van der Waals surface area contributed by atoms with E-state index in [1.54, 1.807) is 13.8 Å². The zero-order valence-corrected chi connectivity index (χ0v) is 10.7. The van der Waals surface area contributed by atoms with E-state index >= 15 is 0 Å². The maximum Gasteiger partial charge on any atom is 0.253 e. The fourth-order valence-corrected chi connectivity index (χ4v) is 1.65. The number of likely N-dealkylation sites (N-methyl/N-ethyl adjacent to an activating group) is 1. The van der Waals surface area contributed by atoms with Crippen molar-refractivity contribution in [2.24, 2.45) is 0 Å². The summed E-state index contributed by atoms with van der Waals surface area (Å²) in [5.41, 5.74) is -0.878. The lowest BCUT2D eigenvalue weighted by atomic mass is 10.1. The van der Waals surface area contributed by atoms with Crippen molar-refractivity contribution in [2.75, 3.05) is 6.54 Å². The predicted molar refractivity (Wildman–Crippen MR) is 60.0 cm³/mol. The molecular formula is C9H20N2O3S. The van der Waals surface area contributed by atoms with Gasteiger partial charge in [-0.25, -0.2) is 8.42 Å². The topological polar surface area (TPSA) is 75.3 Å². The monoisotopic (exact) mass is 236 g/mol. The average Bonchev–Trinajstić information content (AvgIpc) is 2.02. The highest BCUT2D eigenvalue weighted by Crippen LogP contribution is 2.04. The number of carbonyl (C=O) groups excluding carboxylic acids is 1. The van der Waals surface area contributed by atoms with Crippen LogP contribution in [0, 0.1) is 0 Å². The van der Waals surface area contributed by atoms with Gasteiger partial charge in [0.25, 0.3) is 5.91 Å². The lowest BCUT2D eigenvalue weighted by Gasteiger charge is -2.24. The summed E-state index contributed by atoms with van der Waals surface area (Å²) in [6.07, 6.45) is 0. The van der Waals surface area contributed by atoms with Crippen molar-refractivity contribution in [3.05, 3.63) is 0 Å². The van der Waals surface area contributed by atoms with Crippen LogP contribution in [0.2, 0.25) is 0 Å². The van der Waals surface area contributed by atoms with Gasteiger partial charge in [0.1, 0.15) is 0 Å². The third-order valence-electron chi connectivity index (χ3n) is 2.04. The predicted octanol–water partition coefficient (Wildman–Crippen LogP) is 0.229. The molecule has 0 aromatic carbocycles. The van der Waals surface area contributed by atoms with E-state index in [0.29, 0.717) is 6.54 Å². The summed E-state index contributed by atoms with van der Waals surface area (Å²) >= 11 is 0. The lowest BCUT2D eigenvalue weighted by molar-refractivity contribution is -0.124. The average molecular weight is 236 g/mol. The van der Waals surface area contributed by atoms with Gasteiger partial charge in [0.15, 0.2) is 0 Å². The van der Waals surface area contributed by atoms with Gasteiger partial charge in [0.2, 0.25) is 10.0 Å². The van der Waals surface area contributed by atoms with Crippen molar-refractivity contribution in [2.45, 2.75) is 45.4 Å². The molecule has 0 heterocycles. The van der Waals surface area contributed by atoms with Crippen LogP contribution in [0.5, 0.6) is 0 Å². The van der Waals surface area contributed by atoms with Gasteiger partial charge in [-0.3, -0.25) is 9.52 Å². The minimum absolute atomic E-state index is 0.530. The number of carbonyl (C=O) groups is 1. The van der Waals surface area contributed by atoms with Crippen molar-refractivity contribution in [1.82, 2.24) is 10.0 Å². The molecule has 0 aliphatic heterocycles. The first-order valence-corrected chi connectivity index (χ1v) is 6.49. The molecule has 0 saturated heterocycles. The van der Waals surface area contributed by atoms with Gasteiger partial charge in [-0.1, -0.05) is 6.92 Å². The molecule has 15 heavy (non-hydrogen) atoms. The Morgan fingerprint density at radius 1 is 1.33 bits per heavy atom. The number of amides is 1. The summed E-state index contributed by atoms with van der Waals surface area (Å²) in [7, 11) is -3.54. The van der Waals surface area contributed by atoms with E-state index in [9.17, 15) is 13.2 Å². The smallest absolute Gasteiger partial charge is 0.253 e. The highest BCUT2D eigenvalue weighted by Gasteiger charge is 2.30. The van der Waals surface area contributed by atoms with E-state index < -0.39 is 26.7 Å². The molecule has 0 aromatic heterocycles. The van der Waals surface area contributed by atoms with Crippen molar-refractivity contribution in [1.29, 1.82) is 0 Å². The molecule has 0 aromatic rings. The molecule has 2 N–H and O–H groups in total. The van der Waals surface area contributed by atoms with Gasteiger partial charge in [0.05, 0.1) is 10.8 Å². The molecule has 0 fully saturated rings. The third kappa shape index (κ3) is 4.17. The molecule has 90 valence electrons. The van der Waals surface area contributed by atoms with Gasteiger partial charge in [-0.05, 0) is 34.2 Å². The molecule has 5 nitrogen and oxygen atoms in total. The summed E-state index contributed by atoms with van der Waals surface area (Å²) < 4.78 is 24.9. The van der Waals surface area contributed by atoms with E-state index in [1.807, 2.05) is 6.92 Å². The number of nitrogens with one attached hydrogen (secondary N) is 2. The summed E-state index contributed by atoms with van der Waals surface area (Å²) in [5, 5.41) is 2.29. The minimum Gasteiger partial charge on any atom is -0.304 e. The molecule has 0 aliphatic rings. The second-order valence-electron chi connectivity index (χ2n) is 4.18. The van der Waals surface area contributed by atoms with E-state index in [1.165, 1.54) is 13.8 Å². The Labute approximate surface area is 91.7 Å².